The number of ether oxygens (including phenoxy) is 1. The van der Waals surface area contributed by atoms with Gasteiger partial charge in [0.2, 0.25) is 0 Å². The predicted octanol–water partition coefficient (Wildman–Crippen LogP) is 0.331. The number of benzene rings is 1. The molecule has 0 saturated carbocycles. The topological polar surface area (TPSA) is 104 Å². The van der Waals surface area contributed by atoms with Crippen LogP contribution in [-0.2, 0) is 17.8 Å². The van der Waals surface area contributed by atoms with Crippen LogP contribution in [0.15, 0.2) is 29.2 Å². The highest BCUT2D eigenvalue weighted by atomic mass is 19.1. The first-order chi connectivity index (χ1) is 13.8. The summed E-state index contributed by atoms with van der Waals surface area (Å²) in [7, 11) is 0. The van der Waals surface area contributed by atoms with E-state index in [0.29, 0.717) is 12.7 Å². The standard InChI is InChI=1S/C19H17F2N3O5/c1-9-8-29-14-7-23-6-12(16(25)17(26)15(23)19(28)24(9)14)18(27)22-5-10-2-3-11(20)4-13(10)21/h2-4,6,9,14,26H,5,7-8H2,1H3,(H,22,27)/p-1/t9-,14+/m0/s1. The number of nitrogens with zero attached hydrogens (tertiary/aromatic N) is 2. The Hall–Kier alpha value is -3.27. The van der Waals surface area contributed by atoms with Gasteiger partial charge in [-0.1, -0.05) is 6.07 Å². The van der Waals surface area contributed by atoms with Gasteiger partial charge in [-0.25, -0.2) is 8.78 Å². The molecule has 0 aliphatic carbocycles. The molecule has 8 nitrogen and oxygen atoms in total. The molecule has 0 bridgehead atoms. The third kappa shape index (κ3) is 3.15. The Morgan fingerprint density at radius 2 is 2.10 bits per heavy atom. The highest BCUT2D eigenvalue weighted by Gasteiger charge is 2.41. The second-order valence-corrected chi connectivity index (χ2v) is 6.97. The van der Waals surface area contributed by atoms with Crippen LogP contribution in [0.25, 0.3) is 0 Å². The lowest BCUT2D eigenvalue weighted by molar-refractivity contribution is -0.271. The first-order valence-electron chi connectivity index (χ1n) is 8.88. The molecule has 152 valence electrons. The summed E-state index contributed by atoms with van der Waals surface area (Å²) in [4.78, 5) is 38.9. The fraction of sp³-hybridized carbons (Fsp3) is 0.316. The third-order valence-electron chi connectivity index (χ3n) is 5.04. The van der Waals surface area contributed by atoms with Crippen LogP contribution in [-0.4, -0.2) is 40.2 Å². The number of pyridine rings is 1. The van der Waals surface area contributed by atoms with E-state index in [9.17, 15) is 28.3 Å². The van der Waals surface area contributed by atoms with Crippen LogP contribution in [0.4, 0.5) is 8.78 Å². The van der Waals surface area contributed by atoms with Crippen LogP contribution in [0.2, 0.25) is 0 Å². The van der Waals surface area contributed by atoms with Gasteiger partial charge in [0, 0.05) is 24.4 Å². The fourth-order valence-electron chi connectivity index (χ4n) is 3.56. The number of rotatable bonds is 3. The van der Waals surface area contributed by atoms with Crippen molar-refractivity contribution in [2.75, 3.05) is 6.61 Å². The number of halogens is 2. The largest absolute Gasteiger partial charge is 0.868 e. The molecule has 0 spiro atoms. The highest BCUT2D eigenvalue weighted by Crippen LogP contribution is 2.28. The molecule has 1 aromatic heterocycles. The summed E-state index contributed by atoms with van der Waals surface area (Å²) >= 11 is 0. The molecule has 0 unspecified atom stereocenters. The normalized spacial score (nSPS) is 20.4. The zero-order valence-corrected chi connectivity index (χ0v) is 15.3. The van der Waals surface area contributed by atoms with Crippen molar-refractivity contribution in [1.29, 1.82) is 0 Å². The van der Waals surface area contributed by atoms with Gasteiger partial charge in [-0.05, 0) is 18.7 Å². The molecule has 2 aliphatic rings. The number of hydrogen-bond donors (Lipinski definition) is 1. The highest BCUT2D eigenvalue weighted by molar-refractivity contribution is 5.99. The lowest BCUT2D eigenvalue weighted by Gasteiger charge is -2.35. The third-order valence-corrected chi connectivity index (χ3v) is 5.04. The van der Waals surface area contributed by atoms with E-state index in [0.717, 1.165) is 18.3 Å². The predicted molar refractivity (Wildman–Crippen MR) is 93.0 cm³/mol. The van der Waals surface area contributed by atoms with Crippen molar-refractivity contribution in [3.8, 4) is 5.75 Å². The van der Waals surface area contributed by atoms with E-state index in [1.165, 1.54) is 9.47 Å². The van der Waals surface area contributed by atoms with Gasteiger partial charge in [0.15, 0.2) is 11.7 Å². The summed E-state index contributed by atoms with van der Waals surface area (Å²) in [6, 6.07) is 2.64. The maximum absolute atomic E-state index is 13.7. The average molecular weight is 404 g/mol. The quantitative estimate of drug-likeness (QED) is 0.794. The molecule has 3 heterocycles. The lowest BCUT2D eigenvalue weighted by Crippen LogP contribution is -2.49. The number of nitrogens with one attached hydrogen (secondary N) is 1. The summed E-state index contributed by atoms with van der Waals surface area (Å²) in [6.07, 6.45) is 0.549. The zero-order valence-electron chi connectivity index (χ0n) is 15.3. The number of carbonyl (C=O) groups is 2. The Bertz CT molecular complexity index is 1080. The summed E-state index contributed by atoms with van der Waals surface area (Å²) in [6.45, 7) is 1.87. The van der Waals surface area contributed by atoms with E-state index in [4.69, 9.17) is 4.74 Å². The van der Waals surface area contributed by atoms with Crippen molar-refractivity contribution < 1.29 is 28.2 Å². The maximum atomic E-state index is 13.7. The van der Waals surface area contributed by atoms with Crippen molar-refractivity contribution in [2.45, 2.75) is 32.3 Å². The first-order valence-corrected chi connectivity index (χ1v) is 8.88. The van der Waals surface area contributed by atoms with Crippen LogP contribution in [0.1, 0.15) is 33.3 Å². The van der Waals surface area contributed by atoms with Crippen LogP contribution in [0, 0.1) is 11.6 Å². The minimum absolute atomic E-state index is 0.0133. The van der Waals surface area contributed by atoms with Crippen molar-refractivity contribution in [3.05, 3.63) is 63.1 Å². The lowest BCUT2D eigenvalue weighted by atomic mass is 10.1. The molecular formula is C19H16F2N3O5-. The first kappa shape index (κ1) is 19.1. The monoisotopic (exact) mass is 404 g/mol. The minimum Gasteiger partial charge on any atom is -0.868 e. The molecule has 0 radical (unpaired) electrons. The molecule has 4 rings (SSSR count). The molecule has 2 aliphatic heterocycles. The summed E-state index contributed by atoms with van der Waals surface area (Å²) < 4.78 is 33.5. The molecule has 1 fully saturated rings. The molecule has 1 aromatic carbocycles. The van der Waals surface area contributed by atoms with Crippen molar-refractivity contribution in [1.82, 2.24) is 14.8 Å². The molecule has 2 atom stereocenters. The summed E-state index contributed by atoms with van der Waals surface area (Å²) in [5.74, 6) is -4.21. The molecule has 2 aromatic rings. The van der Waals surface area contributed by atoms with E-state index in [-0.39, 0.29) is 30.4 Å². The van der Waals surface area contributed by atoms with Gasteiger partial charge in [0.1, 0.15) is 22.9 Å². The van der Waals surface area contributed by atoms with Gasteiger partial charge in [0.05, 0.1) is 19.2 Å². The Kier molecular flexibility index (Phi) is 4.58. The number of fused-ring (bicyclic) bond motifs is 2. The van der Waals surface area contributed by atoms with Gasteiger partial charge in [0.25, 0.3) is 11.8 Å². The fourth-order valence-corrected chi connectivity index (χ4v) is 3.56. The van der Waals surface area contributed by atoms with Gasteiger partial charge in [-0.3, -0.25) is 14.4 Å². The minimum atomic E-state index is -1.12. The van der Waals surface area contributed by atoms with E-state index < -0.39 is 46.4 Å². The van der Waals surface area contributed by atoms with E-state index >= 15 is 0 Å². The molecule has 2 amide bonds. The van der Waals surface area contributed by atoms with E-state index in [1.54, 1.807) is 6.92 Å². The van der Waals surface area contributed by atoms with Crippen molar-refractivity contribution >= 4 is 11.8 Å². The van der Waals surface area contributed by atoms with Crippen molar-refractivity contribution in [2.24, 2.45) is 0 Å². The van der Waals surface area contributed by atoms with E-state index in [2.05, 4.69) is 5.32 Å². The number of amides is 2. The molecular weight excluding hydrogens is 388 g/mol. The van der Waals surface area contributed by atoms with Gasteiger partial charge in [-0.2, -0.15) is 0 Å². The Balaban J connectivity index is 1.62. The van der Waals surface area contributed by atoms with Gasteiger partial charge in [-0.15, -0.1) is 0 Å². The second kappa shape index (κ2) is 6.96. The van der Waals surface area contributed by atoms with Crippen LogP contribution in [0.5, 0.6) is 5.75 Å². The van der Waals surface area contributed by atoms with Gasteiger partial charge >= 0.3 is 0 Å². The number of aromatic nitrogens is 1. The molecule has 29 heavy (non-hydrogen) atoms. The number of hydrogen-bond acceptors (Lipinski definition) is 5. The Labute approximate surface area is 163 Å². The molecule has 1 N–H and O–H groups in total. The molecule has 1 saturated heterocycles. The summed E-state index contributed by atoms with van der Waals surface area (Å²) in [5.41, 5.74) is -1.88. The van der Waals surface area contributed by atoms with Crippen LogP contribution < -0.4 is 15.9 Å². The Morgan fingerprint density at radius 1 is 1.34 bits per heavy atom. The molecule has 10 heteroatoms. The number of carbonyl (C=O) groups excluding carboxylic acids is 2. The van der Waals surface area contributed by atoms with Crippen molar-refractivity contribution in [3.63, 3.8) is 0 Å². The Morgan fingerprint density at radius 3 is 2.83 bits per heavy atom. The van der Waals surface area contributed by atoms with Crippen LogP contribution in [0.3, 0.4) is 0 Å². The van der Waals surface area contributed by atoms with E-state index in [1.807, 2.05) is 0 Å². The zero-order chi connectivity index (χ0) is 20.9. The average Bonchev–Trinajstić information content (AvgIpc) is 3.04. The van der Waals surface area contributed by atoms with Gasteiger partial charge < -0.3 is 24.6 Å². The van der Waals surface area contributed by atoms with Crippen LogP contribution >= 0.6 is 0 Å². The smallest absolute Gasteiger partial charge is 0.272 e. The SMILES string of the molecule is C[C@H]1CO[C@@H]2Cn3cc(C(=O)NCc4ccc(F)cc4F)c(=O)c([O-])c3C(=O)N12. The maximum Gasteiger partial charge on any atom is 0.272 e. The summed E-state index contributed by atoms with van der Waals surface area (Å²) in [5, 5.41) is 14.8. The second-order valence-electron chi connectivity index (χ2n) is 6.97.